The van der Waals surface area contributed by atoms with Gasteiger partial charge in [0.2, 0.25) is 0 Å². The highest BCUT2D eigenvalue weighted by molar-refractivity contribution is 5.98. The Morgan fingerprint density at radius 2 is 2.16 bits per heavy atom. The SMILES string of the molecule is COc1cc2nc(C(N)=O)c(-c3ccc(F)c(NC4CCCNC4)n3)n2nc1C1CC1. The van der Waals surface area contributed by atoms with Crippen molar-refractivity contribution in [1.82, 2.24) is 24.9 Å². The van der Waals surface area contributed by atoms with E-state index in [0.717, 1.165) is 44.5 Å². The molecule has 1 saturated heterocycles. The third-order valence-electron chi connectivity index (χ3n) is 5.74. The number of carbonyl (C=O) groups excluding carboxylic acids is 1. The lowest BCUT2D eigenvalue weighted by atomic mass is 10.1. The van der Waals surface area contributed by atoms with E-state index in [1.807, 2.05) is 0 Å². The third kappa shape index (κ3) is 3.67. The Balaban J connectivity index is 1.63. The number of primary amides is 1. The van der Waals surface area contributed by atoms with Gasteiger partial charge in [0.05, 0.1) is 12.8 Å². The second-order valence-electron chi connectivity index (χ2n) is 8.03. The number of halogens is 1. The Morgan fingerprint density at radius 3 is 2.84 bits per heavy atom. The maximum absolute atomic E-state index is 14.5. The van der Waals surface area contributed by atoms with E-state index in [4.69, 9.17) is 15.6 Å². The van der Waals surface area contributed by atoms with Crippen molar-refractivity contribution >= 4 is 17.4 Å². The molecular formula is C21H24FN7O2. The fraction of sp³-hybridized carbons (Fsp3) is 0.429. The van der Waals surface area contributed by atoms with Gasteiger partial charge < -0.3 is 21.1 Å². The lowest BCUT2D eigenvalue weighted by Crippen LogP contribution is -2.38. The predicted octanol–water partition coefficient (Wildman–Crippen LogP) is 2.08. The van der Waals surface area contributed by atoms with Gasteiger partial charge in [-0.15, -0.1) is 0 Å². The molecule has 0 radical (unpaired) electrons. The number of nitrogens with zero attached hydrogens (tertiary/aromatic N) is 4. The molecule has 1 unspecified atom stereocenters. The molecule has 0 spiro atoms. The van der Waals surface area contributed by atoms with E-state index in [9.17, 15) is 9.18 Å². The summed E-state index contributed by atoms with van der Waals surface area (Å²) in [5.74, 6) is -0.0975. The molecule has 2 aliphatic rings. The van der Waals surface area contributed by atoms with Gasteiger partial charge in [0, 0.05) is 24.6 Å². The molecule has 5 rings (SSSR count). The van der Waals surface area contributed by atoms with Crippen molar-refractivity contribution in [3.63, 3.8) is 0 Å². The molecule has 0 aromatic carbocycles. The molecule has 0 bridgehead atoms. The van der Waals surface area contributed by atoms with Crippen molar-refractivity contribution in [2.75, 3.05) is 25.5 Å². The van der Waals surface area contributed by atoms with Crippen LogP contribution in [-0.2, 0) is 0 Å². The molecule has 4 N–H and O–H groups in total. The van der Waals surface area contributed by atoms with Gasteiger partial charge in [0.15, 0.2) is 23.0 Å². The van der Waals surface area contributed by atoms with Gasteiger partial charge in [-0.05, 0) is 44.4 Å². The number of hydrogen-bond acceptors (Lipinski definition) is 7. The van der Waals surface area contributed by atoms with Crippen LogP contribution in [0.15, 0.2) is 18.2 Å². The van der Waals surface area contributed by atoms with Crippen LogP contribution < -0.4 is 21.1 Å². The summed E-state index contributed by atoms with van der Waals surface area (Å²) in [6, 6.07) is 4.66. The van der Waals surface area contributed by atoms with Crippen LogP contribution in [0.3, 0.4) is 0 Å². The number of amides is 1. The maximum Gasteiger partial charge on any atom is 0.269 e. The summed E-state index contributed by atoms with van der Waals surface area (Å²) < 4.78 is 21.6. The number of piperidine rings is 1. The van der Waals surface area contributed by atoms with Crippen LogP contribution in [0.5, 0.6) is 5.75 Å². The first kappa shape index (κ1) is 19.7. The number of nitrogens with two attached hydrogens (primary N) is 1. The molecule has 1 amide bonds. The van der Waals surface area contributed by atoms with Crippen molar-refractivity contribution in [2.24, 2.45) is 5.73 Å². The summed E-state index contributed by atoms with van der Waals surface area (Å²) in [7, 11) is 1.58. The van der Waals surface area contributed by atoms with Gasteiger partial charge in [-0.2, -0.15) is 5.10 Å². The van der Waals surface area contributed by atoms with Gasteiger partial charge in [0.25, 0.3) is 5.91 Å². The number of carbonyl (C=O) groups is 1. The number of rotatable bonds is 6. The van der Waals surface area contributed by atoms with Crippen LogP contribution in [0.25, 0.3) is 17.0 Å². The zero-order chi connectivity index (χ0) is 21.5. The number of methoxy groups -OCH3 is 1. The summed E-state index contributed by atoms with van der Waals surface area (Å²) in [6.07, 6.45) is 3.99. The second-order valence-corrected chi connectivity index (χ2v) is 8.03. The van der Waals surface area contributed by atoms with Crippen molar-refractivity contribution in [1.29, 1.82) is 0 Å². The van der Waals surface area contributed by atoms with Gasteiger partial charge in [-0.1, -0.05) is 0 Å². The highest BCUT2D eigenvalue weighted by atomic mass is 19.1. The number of nitrogens with one attached hydrogen (secondary N) is 2. The Bertz CT molecular complexity index is 1150. The predicted molar refractivity (Wildman–Crippen MR) is 113 cm³/mol. The number of pyridine rings is 1. The van der Waals surface area contributed by atoms with Gasteiger partial charge >= 0.3 is 0 Å². The molecule has 162 valence electrons. The number of imidazole rings is 1. The summed E-state index contributed by atoms with van der Waals surface area (Å²) in [5, 5.41) is 11.2. The monoisotopic (exact) mass is 425 g/mol. The molecule has 31 heavy (non-hydrogen) atoms. The van der Waals surface area contributed by atoms with E-state index in [1.165, 1.54) is 12.1 Å². The summed E-state index contributed by atoms with van der Waals surface area (Å²) in [4.78, 5) is 21.0. The molecule has 1 atom stereocenters. The van der Waals surface area contributed by atoms with Crippen molar-refractivity contribution in [3.05, 3.63) is 35.4 Å². The van der Waals surface area contributed by atoms with Gasteiger partial charge in [-0.3, -0.25) is 4.79 Å². The molecule has 1 aliphatic carbocycles. The minimum Gasteiger partial charge on any atom is -0.495 e. The molecule has 2 fully saturated rings. The minimum atomic E-state index is -0.704. The largest absolute Gasteiger partial charge is 0.495 e. The molecule has 4 heterocycles. The lowest BCUT2D eigenvalue weighted by molar-refractivity contribution is 0.0996. The van der Waals surface area contributed by atoms with Gasteiger partial charge in [-0.25, -0.2) is 18.9 Å². The smallest absolute Gasteiger partial charge is 0.269 e. The highest BCUT2D eigenvalue weighted by Crippen LogP contribution is 2.43. The number of ether oxygens (including phenoxy) is 1. The average Bonchev–Trinajstić information content (AvgIpc) is 3.55. The second kappa shape index (κ2) is 7.77. The lowest BCUT2D eigenvalue weighted by Gasteiger charge is -2.24. The Hall–Kier alpha value is -3.27. The van der Waals surface area contributed by atoms with E-state index >= 15 is 0 Å². The highest BCUT2D eigenvalue weighted by Gasteiger charge is 2.31. The van der Waals surface area contributed by atoms with E-state index in [-0.39, 0.29) is 17.6 Å². The first-order valence-corrected chi connectivity index (χ1v) is 10.5. The van der Waals surface area contributed by atoms with E-state index < -0.39 is 11.7 Å². The number of aromatic nitrogens is 4. The topological polar surface area (TPSA) is 119 Å². The van der Waals surface area contributed by atoms with Crippen molar-refractivity contribution < 1.29 is 13.9 Å². The summed E-state index contributed by atoms with van der Waals surface area (Å²) in [6.45, 7) is 1.69. The van der Waals surface area contributed by atoms with E-state index in [1.54, 1.807) is 17.7 Å². The molecule has 1 saturated carbocycles. The zero-order valence-electron chi connectivity index (χ0n) is 17.2. The average molecular weight is 425 g/mol. The fourth-order valence-corrected chi connectivity index (χ4v) is 4.02. The molecule has 9 nitrogen and oxygen atoms in total. The Kier molecular flexibility index (Phi) is 4.93. The number of fused-ring (bicyclic) bond motifs is 1. The molecule has 3 aromatic rings. The van der Waals surface area contributed by atoms with Crippen molar-refractivity contribution in [3.8, 4) is 17.1 Å². The van der Waals surface area contributed by atoms with Crippen LogP contribution in [0, 0.1) is 5.82 Å². The van der Waals surface area contributed by atoms with E-state index in [0.29, 0.717) is 28.7 Å². The first-order chi connectivity index (χ1) is 15.0. The molecule has 10 heteroatoms. The standard InChI is InChI=1S/C21H24FN7O2/c1-31-15-9-16-27-18(20(23)30)19(29(16)28-17(15)11-4-5-11)14-7-6-13(22)21(26-14)25-12-3-2-8-24-10-12/h6-7,9,11-12,24H,2-5,8,10H2,1H3,(H2,23,30)(H,25,26). The first-order valence-electron chi connectivity index (χ1n) is 10.5. The van der Waals surface area contributed by atoms with Gasteiger partial charge in [0.1, 0.15) is 17.1 Å². The Labute approximate surface area is 178 Å². The van der Waals surface area contributed by atoms with Crippen LogP contribution in [-0.4, -0.2) is 51.7 Å². The third-order valence-corrected chi connectivity index (χ3v) is 5.74. The molecular weight excluding hydrogens is 401 g/mol. The van der Waals surface area contributed by atoms with Crippen LogP contribution >= 0.6 is 0 Å². The van der Waals surface area contributed by atoms with E-state index in [2.05, 4.69) is 20.6 Å². The fourth-order valence-electron chi connectivity index (χ4n) is 4.02. The summed E-state index contributed by atoms with van der Waals surface area (Å²) >= 11 is 0. The Morgan fingerprint density at radius 1 is 1.32 bits per heavy atom. The van der Waals surface area contributed by atoms with Crippen LogP contribution in [0.4, 0.5) is 10.2 Å². The van der Waals surface area contributed by atoms with Crippen LogP contribution in [0.2, 0.25) is 0 Å². The molecule has 3 aromatic heterocycles. The van der Waals surface area contributed by atoms with Crippen molar-refractivity contribution in [2.45, 2.75) is 37.6 Å². The van der Waals surface area contributed by atoms with Crippen LogP contribution in [0.1, 0.15) is 47.8 Å². The number of hydrogen-bond donors (Lipinski definition) is 3. The number of anilines is 1. The minimum absolute atomic E-state index is 0.0342. The molecule has 1 aliphatic heterocycles. The zero-order valence-corrected chi connectivity index (χ0v) is 17.2. The summed E-state index contributed by atoms with van der Waals surface area (Å²) in [5.41, 5.74) is 7.58. The normalized spacial score (nSPS) is 18.8. The maximum atomic E-state index is 14.5. The quantitative estimate of drug-likeness (QED) is 0.553.